The molecule has 0 radical (unpaired) electrons. The number of hydrogen-bond donors (Lipinski definition) is 1. The first-order valence-corrected chi connectivity index (χ1v) is 5.54. The third-order valence-electron chi connectivity index (χ3n) is 2.52. The van der Waals surface area contributed by atoms with Gasteiger partial charge in [0, 0.05) is 6.07 Å². The van der Waals surface area contributed by atoms with Crippen LogP contribution in [0.3, 0.4) is 0 Å². The minimum Gasteiger partial charge on any atom is -0.467 e. The molecule has 8 heteroatoms. The molecule has 1 aromatic rings. The van der Waals surface area contributed by atoms with E-state index in [-0.39, 0.29) is 0 Å². The van der Waals surface area contributed by atoms with Crippen LogP contribution in [0.4, 0.5) is 10.1 Å². The Bertz CT molecular complexity index is 571. The molecular formula is C12H13FN2O5. The average Bonchev–Trinajstić information content (AvgIpc) is 2.36. The molecular weight excluding hydrogens is 271 g/mol. The predicted octanol–water partition coefficient (Wildman–Crippen LogP) is 1.42. The number of nitrogens with zero attached hydrogens (tertiary/aromatic N) is 1. The number of nitro groups is 1. The lowest BCUT2D eigenvalue weighted by Gasteiger charge is -2.22. The molecule has 0 unspecified atom stereocenters. The molecule has 0 bridgehead atoms. The first-order valence-electron chi connectivity index (χ1n) is 5.54. The van der Waals surface area contributed by atoms with E-state index in [2.05, 4.69) is 10.1 Å². The number of halogens is 1. The fourth-order valence-corrected chi connectivity index (χ4v) is 1.51. The molecule has 0 aliphatic rings. The Kier molecular flexibility index (Phi) is 4.38. The summed E-state index contributed by atoms with van der Waals surface area (Å²) in [5, 5.41) is 13.1. The van der Waals surface area contributed by atoms with E-state index >= 15 is 0 Å². The fraction of sp³-hybridized carbons (Fsp3) is 0.333. The van der Waals surface area contributed by atoms with Gasteiger partial charge in [0.1, 0.15) is 16.9 Å². The van der Waals surface area contributed by atoms with Crippen molar-refractivity contribution in [3.8, 4) is 0 Å². The summed E-state index contributed by atoms with van der Waals surface area (Å²) in [6, 6.07) is 2.50. The number of methoxy groups -OCH3 is 1. The van der Waals surface area contributed by atoms with Crippen LogP contribution in [0.25, 0.3) is 0 Å². The topological polar surface area (TPSA) is 98.5 Å². The lowest BCUT2D eigenvalue weighted by Crippen LogP contribution is -2.50. The molecule has 1 rings (SSSR count). The third kappa shape index (κ3) is 3.28. The quantitative estimate of drug-likeness (QED) is 0.512. The van der Waals surface area contributed by atoms with Crippen LogP contribution in [0.2, 0.25) is 0 Å². The molecule has 0 spiro atoms. The third-order valence-corrected chi connectivity index (χ3v) is 2.52. The largest absolute Gasteiger partial charge is 0.467 e. The van der Waals surface area contributed by atoms with Crippen LogP contribution in [-0.4, -0.2) is 29.4 Å². The molecule has 0 saturated carbocycles. The summed E-state index contributed by atoms with van der Waals surface area (Å²) in [5.41, 5.74) is -2.41. The Morgan fingerprint density at radius 2 is 2.00 bits per heavy atom. The fourth-order valence-electron chi connectivity index (χ4n) is 1.51. The summed E-state index contributed by atoms with van der Waals surface area (Å²) in [7, 11) is 1.14. The van der Waals surface area contributed by atoms with Crippen molar-refractivity contribution >= 4 is 17.6 Å². The Hall–Kier alpha value is -2.51. The van der Waals surface area contributed by atoms with Crippen molar-refractivity contribution in [2.24, 2.45) is 0 Å². The van der Waals surface area contributed by atoms with Gasteiger partial charge in [0.2, 0.25) is 0 Å². The van der Waals surface area contributed by atoms with Gasteiger partial charge in [0.25, 0.3) is 11.6 Å². The van der Waals surface area contributed by atoms with Gasteiger partial charge in [-0.1, -0.05) is 0 Å². The number of ether oxygens (including phenoxy) is 1. The van der Waals surface area contributed by atoms with E-state index in [1.807, 2.05) is 0 Å². The highest BCUT2D eigenvalue weighted by Gasteiger charge is 2.33. The zero-order valence-corrected chi connectivity index (χ0v) is 11.1. The standard InChI is InChI=1S/C12H13FN2O5/c1-12(2,11(17)20-3)14-10(16)8-6-7(13)4-5-9(8)15(18)19/h4-6H,1-3H3,(H,14,16). The van der Waals surface area contributed by atoms with Crippen LogP contribution in [0.15, 0.2) is 18.2 Å². The zero-order chi connectivity index (χ0) is 15.5. The normalized spacial score (nSPS) is 10.8. The van der Waals surface area contributed by atoms with Crippen molar-refractivity contribution in [1.29, 1.82) is 0 Å². The van der Waals surface area contributed by atoms with Crippen molar-refractivity contribution in [2.45, 2.75) is 19.4 Å². The van der Waals surface area contributed by atoms with Crippen LogP contribution >= 0.6 is 0 Å². The lowest BCUT2D eigenvalue weighted by molar-refractivity contribution is -0.385. The van der Waals surface area contributed by atoms with Crippen molar-refractivity contribution in [3.63, 3.8) is 0 Å². The second-order valence-corrected chi connectivity index (χ2v) is 4.49. The molecule has 1 amide bonds. The van der Waals surface area contributed by atoms with E-state index in [1.54, 1.807) is 0 Å². The molecule has 0 heterocycles. The van der Waals surface area contributed by atoms with Crippen LogP contribution in [-0.2, 0) is 9.53 Å². The van der Waals surface area contributed by atoms with Gasteiger partial charge in [-0.2, -0.15) is 0 Å². The highest BCUT2D eigenvalue weighted by molar-refractivity contribution is 6.00. The van der Waals surface area contributed by atoms with Crippen molar-refractivity contribution in [2.75, 3.05) is 7.11 Å². The van der Waals surface area contributed by atoms with Gasteiger partial charge >= 0.3 is 5.97 Å². The summed E-state index contributed by atoms with van der Waals surface area (Å²) in [6.07, 6.45) is 0. The Labute approximate surface area is 113 Å². The highest BCUT2D eigenvalue weighted by Crippen LogP contribution is 2.20. The molecule has 0 aliphatic heterocycles. The maximum atomic E-state index is 13.1. The number of amides is 1. The summed E-state index contributed by atoms with van der Waals surface area (Å²) in [5.74, 6) is -2.46. The Morgan fingerprint density at radius 1 is 1.40 bits per heavy atom. The van der Waals surface area contributed by atoms with Gasteiger partial charge in [-0.05, 0) is 26.0 Å². The summed E-state index contributed by atoms with van der Waals surface area (Å²) in [4.78, 5) is 33.4. The van der Waals surface area contributed by atoms with E-state index in [0.29, 0.717) is 0 Å². The monoisotopic (exact) mass is 284 g/mol. The van der Waals surface area contributed by atoms with Crippen LogP contribution in [0, 0.1) is 15.9 Å². The van der Waals surface area contributed by atoms with E-state index in [1.165, 1.54) is 13.8 Å². The number of nitro benzene ring substituents is 1. The van der Waals surface area contributed by atoms with Crippen LogP contribution < -0.4 is 5.32 Å². The van der Waals surface area contributed by atoms with Gasteiger partial charge in [-0.3, -0.25) is 14.9 Å². The smallest absolute Gasteiger partial charge is 0.330 e. The second kappa shape index (κ2) is 5.64. The van der Waals surface area contributed by atoms with Gasteiger partial charge in [0.15, 0.2) is 0 Å². The summed E-state index contributed by atoms with van der Waals surface area (Å²) in [6.45, 7) is 2.73. The maximum Gasteiger partial charge on any atom is 0.330 e. The van der Waals surface area contributed by atoms with E-state index in [0.717, 1.165) is 25.3 Å². The number of nitrogens with one attached hydrogen (secondary N) is 1. The number of rotatable bonds is 4. The molecule has 7 nitrogen and oxygen atoms in total. The Balaban J connectivity index is 3.13. The van der Waals surface area contributed by atoms with E-state index in [4.69, 9.17) is 0 Å². The van der Waals surface area contributed by atoms with Gasteiger partial charge in [0.05, 0.1) is 12.0 Å². The molecule has 0 aromatic heterocycles. The number of carbonyl (C=O) groups excluding carboxylic acids is 2. The molecule has 108 valence electrons. The minimum atomic E-state index is -1.40. The second-order valence-electron chi connectivity index (χ2n) is 4.49. The van der Waals surface area contributed by atoms with Crippen molar-refractivity contribution in [3.05, 3.63) is 39.7 Å². The predicted molar refractivity (Wildman–Crippen MR) is 66.6 cm³/mol. The van der Waals surface area contributed by atoms with E-state index < -0.39 is 39.4 Å². The Morgan fingerprint density at radius 3 is 2.50 bits per heavy atom. The molecule has 0 atom stereocenters. The molecule has 0 saturated heterocycles. The number of hydrogen-bond acceptors (Lipinski definition) is 5. The molecule has 1 aromatic carbocycles. The molecule has 0 fully saturated rings. The summed E-state index contributed by atoms with van der Waals surface area (Å²) < 4.78 is 17.6. The van der Waals surface area contributed by atoms with Gasteiger partial charge in [-0.25, -0.2) is 9.18 Å². The summed E-state index contributed by atoms with van der Waals surface area (Å²) >= 11 is 0. The van der Waals surface area contributed by atoms with Crippen molar-refractivity contribution < 1.29 is 23.6 Å². The number of esters is 1. The lowest BCUT2D eigenvalue weighted by atomic mass is 10.0. The van der Waals surface area contributed by atoms with Crippen molar-refractivity contribution in [1.82, 2.24) is 5.32 Å². The number of benzene rings is 1. The molecule has 0 aliphatic carbocycles. The zero-order valence-electron chi connectivity index (χ0n) is 11.1. The minimum absolute atomic E-state index is 0.466. The average molecular weight is 284 g/mol. The van der Waals surface area contributed by atoms with Gasteiger partial charge < -0.3 is 10.1 Å². The van der Waals surface area contributed by atoms with E-state index in [9.17, 15) is 24.1 Å². The van der Waals surface area contributed by atoms with Crippen LogP contribution in [0.5, 0.6) is 0 Å². The molecule has 20 heavy (non-hydrogen) atoms. The number of carbonyl (C=O) groups is 2. The highest BCUT2D eigenvalue weighted by atomic mass is 19.1. The first kappa shape index (κ1) is 15.5. The van der Waals surface area contributed by atoms with Gasteiger partial charge in [-0.15, -0.1) is 0 Å². The maximum absolute atomic E-state index is 13.1. The SMILES string of the molecule is COC(=O)C(C)(C)NC(=O)c1cc(F)ccc1[N+](=O)[O-]. The van der Waals surface area contributed by atoms with Crippen LogP contribution in [0.1, 0.15) is 24.2 Å². The first-order chi connectivity index (χ1) is 9.19. The molecule has 1 N–H and O–H groups in total.